The van der Waals surface area contributed by atoms with Gasteiger partial charge in [0.1, 0.15) is 0 Å². The summed E-state index contributed by atoms with van der Waals surface area (Å²) in [5, 5.41) is 5.17. The summed E-state index contributed by atoms with van der Waals surface area (Å²) in [6, 6.07) is 1.82. The van der Waals surface area contributed by atoms with E-state index in [1.807, 2.05) is 18.4 Å². The molecule has 2 nitrogen and oxygen atoms in total. The molecule has 1 aromatic heterocycles. The summed E-state index contributed by atoms with van der Waals surface area (Å²) >= 11 is 4.86. The average molecular weight is 290 g/mol. The molecule has 0 aliphatic heterocycles. The molecule has 1 heterocycles. The Morgan fingerprint density at radius 2 is 2.27 bits per heavy atom. The number of halogens is 1. The lowest BCUT2D eigenvalue weighted by Gasteiger charge is -2.19. The zero-order chi connectivity index (χ0) is 11.4. The van der Waals surface area contributed by atoms with Gasteiger partial charge in [-0.1, -0.05) is 20.8 Å². The molecular weight excluding hydrogens is 274 g/mol. The number of Topliss-reactive ketones (excluding diaryl/α,β-unsaturated/α-hetero) is 1. The third kappa shape index (κ3) is 3.40. The Hall–Kier alpha value is -0.190. The summed E-state index contributed by atoms with van der Waals surface area (Å²) in [5.41, 5.74) is 0. The molecule has 0 saturated heterocycles. The van der Waals surface area contributed by atoms with Gasteiger partial charge in [0.2, 0.25) is 0 Å². The van der Waals surface area contributed by atoms with Gasteiger partial charge in [0, 0.05) is 9.85 Å². The van der Waals surface area contributed by atoms with Crippen molar-refractivity contribution in [2.45, 2.75) is 26.8 Å². The van der Waals surface area contributed by atoms with Crippen LogP contribution in [0.2, 0.25) is 0 Å². The van der Waals surface area contributed by atoms with Gasteiger partial charge in [-0.25, -0.2) is 0 Å². The first-order valence-corrected chi connectivity index (χ1v) is 6.75. The monoisotopic (exact) mass is 289 g/mol. The highest BCUT2D eigenvalue weighted by Crippen LogP contribution is 2.22. The highest BCUT2D eigenvalue weighted by Gasteiger charge is 2.23. The molecule has 1 atom stereocenters. The van der Waals surface area contributed by atoms with Crippen molar-refractivity contribution in [3.8, 4) is 0 Å². The van der Waals surface area contributed by atoms with E-state index >= 15 is 0 Å². The fourth-order valence-electron chi connectivity index (χ4n) is 1.45. The summed E-state index contributed by atoms with van der Waals surface area (Å²) < 4.78 is 0.981. The number of hydrogen-bond acceptors (Lipinski definition) is 3. The van der Waals surface area contributed by atoms with Crippen LogP contribution in [-0.2, 0) is 0 Å². The molecule has 84 valence electrons. The number of ketones is 1. The number of nitrogens with one attached hydrogen (secondary N) is 1. The molecular formula is C11H16BrNOS. The second-order valence-electron chi connectivity index (χ2n) is 3.77. The average Bonchev–Trinajstić information content (AvgIpc) is 2.59. The third-order valence-corrected chi connectivity index (χ3v) is 3.89. The molecule has 0 amide bonds. The van der Waals surface area contributed by atoms with Crippen molar-refractivity contribution in [3.05, 3.63) is 20.8 Å². The van der Waals surface area contributed by atoms with Gasteiger partial charge in [0.25, 0.3) is 0 Å². The quantitative estimate of drug-likeness (QED) is 0.843. The standard InChI is InChI=1S/C11H16BrNOS/c1-4-13-10(7(2)3)11(14)9-5-8(12)6-15-9/h5-7,10,13H,4H2,1-3H3. The summed E-state index contributed by atoms with van der Waals surface area (Å²) in [5.74, 6) is 0.515. The van der Waals surface area contributed by atoms with Crippen LogP contribution in [0.1, 0.15) is 30.4 Å². The molecule has 0 saturated carbocycles. The predicted molar refractivity (Wildman–Crippen MR) is 68.7 cm³/mol. The normalized spacial score (nSPS) is 13.1. The van der Waals surface area contributed by atoms with Gasteiger partial charge in [-0.15, -0.1) is 11.3 Å². The van der Waals surface area contributed by atoms with Gasteiger partial charge < -0.3 is 5.32 Å². The van der Waals surface area contributed by atoms with Crippen LogP contribution in [0.25, 0.3) is 0 Å². The molecule has 0 spiro atoms. The van der Waals surface area contributed by atoms with Crippen molar-refractivity contribution in [3.63, 3.8) is 0 Å². The van der Waals surface area contributed by atoms with Crippen LogP contribution in [0.15, 0.2) is 15.9 Å². The van der Waals surface area contributed by atoms with Crippen molar-refractivity contribution in [1.82, 2.24) is 5.32 Å². The highest BCUT2D eigenvalue weighted by molar-refractivity contribution is 9.10. The van der Waals surface area contributed by atoms with E-state index in [4.69, 9.17) is 0 Å². The van der Waals surface area contributed by atoms with Gasteiger partial charge in [0.15, 0.2) is 5.78 Å². The van der Waals surface area contributed by atoms with Crippen LogP contribution in [0.3, 0.4) is 0 Å². The van der Waals surface area contributed by atoms with Gasteiger partial charge >= 0.3 is 0 Å². The third-order valence-electron chi connectivity index (χ3n) is 2.18. The number of carbonyl (C=O) groups is 1. The maximum atomic E-state index is 12.1. The van der Waals surface area contributed by atoms with E-state index < -0.39 is 0 Å². The lowest BCUT2D eigenvalue weighted by atomic mass is 9.99. The van der Waals surface area contributed by atoms with Crippen LogP contribution in [0.5, 0.6) is 0 Å². The van der Waals surface area contributed by atoms with E-state index in [1.165, 1.54) is 11.3 Å². The van der Waals surface area contributed by atoms with E-state index in [1.54, 1.807) is 0 Å². The molecule has 1 unspecified atom stereocenters. The van der Waals surface area contributed by atoms with E-state index in [0.29, 0.717) is 5.92 Å². The van der Waals surface area contributed by atoms with Crippen molar-refractivity contribution in [1.29, 1.82) is 0 Å². The van der Waals surface area contributed by atoms with Crippen LogP contribution in [0, 0.1) is 5.92 Å². The minimum atomic E-state index is -0.0689. The summed E-state index contributed by atoms with van der Waals surface area (Å²) in [6.07, 6.45) is 0. The molecule has 0 radical (unpaired) electrons. The summed E-state index contributed by atoms with van der Waals surface area (Å²) in [6.45, 7) is 6.97. The molecule has 0 bridgehead atoms. The number of hydrogen-bond donors (Lipinski definition) is 1. The van der Waals surface area contributed by atoms with Crippen molar-refractivity contribution in [2.75, 3.05) is 6.54 Å². The Labute approximate surface area is 103 Å². The largest absolute Gasteiger partial charge is 0.307 e. The van der Waals surface area contributed by atoms with Crippen LogP contribution >= 0.6 is 27.3 Å². The first kappa shape index (κ1) is 12.9. The Morgan fingerprint density at radius 1 is 1.60 bits per heavy atom. The Kier molecular flexibility index (Phi) is 4.96. The van der Waals surface area contributed by atoms with Crippen molar-refractivity contribution >= 4 is 33.0 Å². The molecule has 1 N–H and O–H groups in total. The van der Waals surface area contributed by atoms with E-state index in [-0.39, 0.29) is 11.8 Å². The van der Waals surface area contributed by atoms with E-state index in [2.05, 4.69) is 35.1 Å². The van der Waals surface area contributed by atoms with Crippen LogP contribution < -0.4 is 5.32 Å². The highest BCUT2D eigenvalue weighted by atomic mass is 79.9. The second-order valence-corrected chi connectivity index (χ2v) is 5.60. The Bertz CT molecular complexity index is 335. The zero-order valence-corrected chi connectivity index (χ0v) is 11.6. The first-order valence-electron chi connectivity index (χ1n) is 5.08. The van der Waals surface area contributed by atoms with Crippen molar-refractivity contribution < 1.29 is 4.79 Å². The minimum Gasteiger partial charge on any atom is -0.307 e. The van der Waals surface area contributed by atoms with Crippen LogP contribution in [0.4, 0.5) is 0 Å². The fourth-order valence-corrected chi connectivity index (χ4v) is 2.85. The smallest absolute Gasteiger partial charge is 0.189 e. The minimum absolute atomic E-state index is 0.0689. The zero-order valence-electron chi connectivity index (χ0n) is 9.21. The Morgan fingerprint density at radius 3 is 2.67 bits per heavy atom. The van der Waals surface area contributed by atoms with Gasteiger partial charge in [-0.05, 0) is 34.5 Å². The molecule has 4 heteroatoms. The van der Waals surface area contributed by atoms with E-state index in [9.17, 15) is 4.79 Å². The SMILES string of the molecule is CCNC(C(=O)c1cc(Br)cs1)C(C)C. The van der Waals surface area contributed by atoms with Crippen molar-refractivity contribution in [2.24, 2.45) is 5.92 Å². The van der Waals surface area contributed by atoms with E-state index in [0.717, 1.165) is 15.9 Å². The molecule has 1 rings (SSSR count). The van der Waals surface area contributed by atoms with Gasteiger partial charge in [-0.3, -0.25) is 4.79 Å². The topological polar surface area (TPSA) is 29.1 Å². The summed E-state index contributed by atoms with van der Waals surface area (Å²) in [7, 11) is 0. The number of thiophene rings is 1. The molecule has 0 aliphatic carbocycles. The van der Waals surface area contributed by atoms with Gasteiger partial charge in [0.05, 0.1) is 10.9 Å². The first-order chi connectivity index (χ1) is 7.06. The maximum absolute atomic E-state index is 12.1. The molecule has 0 aromatic carbocycles. The number of carbonyl (C=O) groups excluding carboxylic acids is 1. The molecule has 0 fully saturated rings. The predicted octanol–water partition coefficient (Wildman–Crippen LogP) is 3.33. The fraction of sp³-hybridized carbons (Fsp3) is 0.545. The molecule has 15 heavy (non-hydrogen) atoms. The number of rotatable bonds is 5. The van der Waals surface area contributed by atoms with Gasteiger partial charge in [-0.2, -0.15) is 0 Å². The molecule has 0 aliphatic rings. The lowest BCUT2D eigenvalue weighted by Crippen LogP contribution is -2.40. The molecule has 1 aromatic rings. The van der Waals surface area contributed by atoms with Crippen LogP contribution in [-0.4, -0.2) is 18.4 Å². The number of likely N-dealkylation sites (N-methyl/N-ethyl adjacent to an activating group) is 1. The lowest BCUT2D eigenvalue weighted by molar-refractivity contribution is 0.0922. The Balaban J connectivity index is 2.80. The summed E-state index contributed by atoms with van der Waals surface area (Å²) in [4.78, 5) is 12.9. The maximum Gasteiger partial charge on any atom is 0.189 e. The second kappa shape index (κ2) is 5.77.